The number of carbonyl (C=O) groups is 1. The van der Waals surface area contributed by atoms with Crippen molar-refractivity contribution < 1.29 is 13.2 Å². The molecule has 1 aromatic heterocycles. The van der Waals surface area contributed by atoms with Gasteiger partial charge in [-0.1, -0.05) is 26.2 Å². The second-order valence-electron chi connectivity index (χ2n) is 7.98. The van der Waals surface area contributed by atoms with E-state index in [1.165, 1.54) is 24.9 Å². The smallest absolute Gasteiger partial charge is 0.256 e. The molecular weight excluding hydrogens is 400 g/mol. The molecule has 2 aliphatic carbocycles. The first kappa shape index (κ1) is 20.9. The van der Waals surface area contributed by atoms with Crippen LogP contribution in [-0.4, -0.2) is 41.2 Å². The zero-order chi connectivity index (χ0) is 21.1. The molecule has 1 fully saturated rings. The van der Waals surface area contributed by atoms with Crippen molar-refractivity contribution in [3.05, 3.63) is 47.4 Å². The summed E-state index contributed by atoms with van der Waals surface area (Å²) < 4.78 is 28.0. The van der Waals surface area contributed by atoms with Gasteiger partial charge >= 0.3 is 0 Å². The SMILES string of the molecule is CCN(C1CCCCC1)S(=O)(=O)c1ccc(C(=O)Nc2ncnc3c2CCC3)cc1. The van der Waals surface area contributed by atoms with Crippen LogP contribution in [0.1, 0.15) is 67.1 Å². The molecule has 0 bridgehead atoms. The molecule has 4 rings (SSSR count). The fourth-order valence-electron chi connectivity index (χ4n) is 4.55. The second kappa shape index (κ2) is 8.81. The van der Waals surface area contributed by atoms with Crippen LogP contribution < -0.4 is 5.32 Å². The number of hydrogen-bond donors (Lipinski definition) is 1. The van der Waals surface area contributed by atoms with Crippen LogP contribution in [0.25, 0.3) is 0 Å². The second-order valence-corrected chi connectivity index (χ2v) is 9.87. The van der Waals surface area contributed by atoms with Crippen molar-refractivity contribution in [2.24, 2.45) is 0 Å². The molecule has 1 amide bonds. The van der Waals surface area contributed by atoms with E-state index in [9.17, 15) is 13.2 Å². The molecule has 0 saturated heterocycles. The number of sulfonamides is 1. The first-order chi connectivity index (χ1) is 14.5. The minimum Gasteiger partial charge on any atom is -0.306 e. The van der Waals surface area contributed by atoms with Gasteiger partial charge in [-0.3, -0.25) is 4.79 Å². The van der Waals surface area contributed by atoms with E-state index in [1.54, 1.807) is 16.4 Å². The number of aryl methyl sites for hydroxylation is 1. The van der Waals surface area contributed by atoms with Gasteiger partial charge in [0.15, 0.2) is 0 Å². The summed E-state index contributed by atoms with van der Waals surface area (Å²) in [5.74, 6) is 0.250. The summed E-state index contributed by atoms with van der Waals surface area (Å²) in [5.41, 5.74) is 2.39. The molecule has 160 valence electrons. The Morgan fingerprint density at radius 3 is 2.50 bits per heavy atom. The first-order valence-electron chi connectivity index (χ1n) is 10.8. The molecule has 8 heteroatoms. The minimum atomic E-state index is -3.58. The van der Waals surface area contributed by atoms with E-state index in [0.29, 0.717) is 17.9 Å². The lowest BCUT2D eigenvalue weighted by atomic mass is 9.95. The summed E-state index contributed by atoms with van der Waals surface area (Å²) in [6.45, 7) is 2.34. The van der Waals surface area contributed by atoms with Gasteiger partial charge in [-0.25, -0.2) is 18.4 Å². The van der Waals surface area contributed by atoms with E-state index in [1.807, 2.05) is 6.92 Å². The van der Waals surface area contributed by atoms with Crippen LogP contribution >= 0.6 is 0 Å². The summed E-state index contributed by atoms with van der Waals surface area (Å²) >= 11 is 0. The molecule has 1 saturated carbocycles. The highest BCUT2D eigenvalue weighted by atomic mass is 32.2. The first-order valence-corrected chi connectivity index (χ1v) is 12.2. The molecular formula is C22H28N4O3S. The Bertz CT molecular complexity index is 1020. The highest BCUT2D eigenvalue weighted by Crippen LogP contribution is 2.28. The maximum Gasteiger partial charge on any atom is 0.256 e. The van der Waals surface area contributed by atoms with Gasteiger partial charge in [-0.2, -0.15) is 4.31 Å². The van der Waals surface area contributed by atoms with E-state index in [2.05, 4.69) is 15.3 Å². The number of anilines is 1. The number of hydrogen-bond acceptors (Lipinski definition) is 5. The molecule has 30 heavy (non-hydrogen) atoms. The van der Waals surface area contributed by atoms with Crippen LogP contribution in [0.3, 0.4) is 0 Å². The van der Waals surface area contributed by atoms with E-state index in [4.69, 9.17) is 0 Å². The third-order valence-electron chi connectivity index (χ3n) is 6.12. The highest BCUT2D eigenvalue weighted by Gasteiger charge is 2.31. The van der Waals surface area contributed by atoms with Crippen LogP contribution in [0.2, 0.25) is 0 Å². The third kappa shape index (κ3) is 4.11. The molecule has 0 aliphatic heterocycles. The number of rotatable bonds is 6. The lowest BCUT2D eigenvalue weighted by Crippen LogP contribution is -2.41. The lowest BCUT2D eigenvalue weighted by Gasteiger charge is -2.32. The number of benzene rings is 1. The maximum absolute atomic E-state index is 13.2. The van der Waals surface area contributed by atoms with Crippen LogP contribution in [0.15, 0.2) is 35.5 Å². The van der Waals surface area contributed by atoms with Crippen molar-refractivity contribution in [1.29, 1.82) is 0 Å². The summed E-state index contributed by atoms with van der Waals surface area (Å²) in [7, 11) is -3.58. The number of fused-ring (bicyclic) bond motifs is 1. The molecule has 1 aromatic carbocycles. The summed E-state index contributed by atoms with van der Waals surface area (Å²) in [6.07, 6.45) is 9.39. The maximum atomic E-state index is 13.2. The molecule has 0 unspecified atom stereocenters. The van der Waals surface area contributed by atoms with Gasteiger partial charge < -0.3 is 5.32 Å². The largest absolute Gasteiger partial charge is 0.306 e. The zero-order valence-electron chi connectivity index (χ0n) is 17.3. The number of nitrogens with zero attached hydrogens (tertiary/aromatic N) is 3. The van der Waals surface area contributed by atoms with E-state index in [-0.39, 0.29) is 16.8 Å². The summed E-state index contributed by atoms with van der Waals surface area (Å²) in [6, 6.07) is 6.26. The monoisotopic (exact) mass is 428 g/mol. The van der Waals surface area contributed by atoms with Crippen molar-refractivity contribution in [1.82, 2.24) is 14.3 Å². The van der Waals surface area contributed by atoms with Crippen molar-refractivity contribution in [2.45, 2.75) is 69.2 Å². The van der Waals surface area contributed by atoms with Crippen LogP contribution in [0.5, 0.6) is 0 Å². The Kier molecular flexibility index (Phi) is 6.15. The van der Waals surface area contributed by atoms with Crippen molar-refractivity contribution in [3.8, 4) is 0 Å². The minimum absolute atomic E-state index is 0.0663. The normalized spacial score (nSPS) is 17.1. The Morgan fingerprint density at radius 2 is 1.80 bits per heavy atom. The molecule has 2 aliphatic rings. The van der Waals surface area contributed by atoms with Gasteiger partial charge in [0.25, 0.3) is 5.91 Å². The molecule has 0 spiro atoms. The van der Waals surface area contributed by atoms with Crippen molar-refractivity contribution in [2.75, 3.05) is 11.9 Å². The van der Waals surface area contributed by atoms with Crippen LogP contribution in [-0.2, 0) is 22.9 Å². The predicted octanol–water partition coefficient (Wildman–Crippen LogP) is 3.56. The molecule has 7 nitrogen and oxygen atoms in total. The average Bonchev–Trinajstić information content (AvgIpc) is 3.25. The highest BCUT2D eigenvalue weighted by molar-refractivity contribution is 7.89. The zero-order valence-corrected chi connectivity index (χ0v) is 18.1. The quantitative estimate of drug-likeness (QED) is 0.759. The van der Waals surface area contributed by atoms with Gasteiger partial charge in [-0.05, 0) is 56.4 Å². The number of carbonyl (C=O) groups excluding carboxylic acids is 1. The van der Waals surface area contributed by atoms with Gasteiger partial charge in [0.05, 0.1) is 4.90 Å². The van der Waals surface area contributed by atoms with Crippen LogP contribution in [0.4, 0.5) is 5.82 Å². The Morgan fingerprint density at radius 1 is 1.07 bits per heavy atom. The predicted molar refractivity (Wildman–Crippen MR) is 115 cm³/mol. The van der Waals surface area contributed by atoms with E-state index < -0.39 is 10.0 Å². The molecule has 0 radical (unpaired) electrons. The fourth-order valence-corrected chi connectivity index (χ4v) is 6.25. The lowest BCUT2D eigenvalue weighted by molar-refractivity contribution is 0.102. The Balaban J connectivity index is 1.50. The summed E-state index contributed by atoms with van der Waals surface area (Å²) in [4.78, 5) is 21.4. The third-order valence-corrected chi connectivity index (χ3v) is 8.17. The van der Waals surface area contributed by atoms with Crippen molar-refractivity contribution in [3.63, 3.8) is 0 Å². The average molecular weight is 429 g/mol. The molecule has 1 heterocycles. The van der Waals surface area contributed by atoms with Gasteiger partial charge in [0.2, 0.25) is 10.0 Å². The molecule has 2 aromatic rings. The van der Waals surface area contributed by atoms with Crippen LogP contribution in [0, 0.1) is 0 Å². The van der Waals surface area contributed by atoms with E-state index in [0.717, 1.165) is 56.2 Å². The van der Waals surface area contributed by atoms with Gasteiger partial charge in [0.1, 0.15) is 12.1 Å². The fraction of sp³-hybridized carbons (Fsp3) is 0.500. The number of aromatic nitrogens is 2. The number of amides is 1. The molecule has 1 N–H and O–H groups in total. The van der Waals surface area contributed by atoms with Gasteiger partial charge in [-0.15, -0.1) is 0 Å². The standard InChI is InChI=1S/C22H28N4O3S/c1-2-26(17-7-4-3-5-8-17)30(28,29)18-13-11-16(12-14-18)22(27)25-21-19-9-6-10-20(19)23-15-24-21/h11-15,17H,2-10H2,1H3,(H,23,24,25,27). The summed E-state index contributed by atoms with van der Waals surface area (Å²) in [5, 5.41) is 2.85. The number of nitrogens with one attached hydrogen (secondary N) is 1. The Labute approximate surface area is 178 Å². The topological polar surface area (TPSA) is 92.3 Å². The van der Waals surface area contributed by atoms with E-state index >= 15 is 0 Å². The molecule has 0 atom stereocenters. The Hall–Kier alpha value is -2.32. The van der Waals surface area contributed by atoms with Crippen molar-refractivity contribution >= 4 is 21.7 Å². The van der Waals surface area contributed by atoms with Gasteiger partial charge in [0, 0.05) is 29.4 Å².